The van der Waals surface area contributed by atoms with Gasteiger partial charge in [-0.3, -0.25) is 9.98 Å². The van der Waals surface area contributed by atoms with Gasteiger partial charge in [0.2, 0.25) is 0 Å². The van der Waals surface area contributed by atoms with Crippen LogP contribution in [0.1, 0.15) is 46.0 Å². The molecule has 0 amide bonds. The molecule has 0 aliphatic carbocycles. The maximum atomic E-state index is 6.35. The summed E-state index contributed by atoms with van der Waals surface area (Å²) >= 11 is 0. The molecule has 246 valence electrons. The first-order chi connectivity index (χ1) is 24.5. The van der Waals surface area contributed by atoms with E-state index in [1.54, 1.807) is 0 Å². The highest BCUT2D eigenvalue weighted by atomic mass is 15.0. The molecule has 4 aromatic carbocycles. The van der Waals surface area contributed by atoms with Gasteiger partial charge in [0.25, 0.3) is 0 Å². The van der Waals surface area contributed by atoms with E-state index in [4.69, 9.17) is 15.7 Å². The lowest BCUT2D eigenvalue weighted by molar-refractivity contribution is 1.07. The molecule has 50 heavy (non-hydrogen) atoms. The van der Waals surface area contributed by atoms with E-state index in [0.29, 0.717) is 18.2 Å². The highest BCUT2D eigenvalue weighted by Gasteiger charge is 2.19. The summed E-state index contributed by atoms with van der Waals surface area (Å²) in [6, 6.07) is 32.7. The van der Waals surface area contributed by atoms with E-state index in [9.17, 15) is 0 Å². The average Bonchev–Trinajstić information content (AvgIpc) is 3.27. The number of amidine groups is 2. The monoisotopic (exact) mass is 651 g/mol. The molecule has 1 aliphatic rings. The van der Waals surface area contributed by atoms with E-state index in [0.717, 1.165) is 39.9 Å². The third-order valence-corrected chi connectivity index (χ3v) is 8.58. The number of para-hydroxylation sites is 1. The first-order valence-corrected chi connectivity index (χ1v) is 16.8. The lowest BCUT2D eigenvalue weighted by Gasteiger charge is -2.16. The van der Waals surface area contributed by atoms with Gasteiger partial charge < -0.3 is 10.3 Å². The Bertz CT molecular complexity index is 2240. The number of rotatable bonds is 10. The van der Waals surface area contributed by atoms with Crippen LogP contribution in [0.2, 0.25) is 0 Å². The Balaban J connectivity index is 1.24. The Kier molecular flexibility index (Phi) is 10.9. The fourth-order valence-corrected chi connectivity index (χ4v) is 6.07. The predicted molar refractivity (Wildman–Crippen MR) is 215 cm³/mol. The van der Waals surface area contributed by atoms with Gasteiger partial charge in [-0.15, -0.1) is 0 Å². The Labute approximate surface area is 295 Å². The van der Waals surface area contributed by atoms with Crippen molar-refractivity contribution in [1.82, 2.24) is 4.57 Å². The van der Waals surface area contributed by atoms with Crippen molar-refractivity contribution in [3.05, 3.63) is 191 Å². The van der Waals surface area contributed by atoms with Crippen molar-refractivity contribution >= 4 is 47.0 Å². The van der Waals surface area contributed by atoms with E-state index >= 15 is 0 Å². The summed E-state index contributed by atoms with van der Waals surface area (Å²) in [4.78, 5) is 14.0. The van der Waals surface area contributed by atoms with Crippen LogP contribution in [0.25, 0.3) is 34.8 Å². The molecule has 2 N–H and O–H groups in total. The van der Waals surface area contributed by atoms with Gasteiger partial charge in [-0.2, -0.15) is 0 Å². The number of aromatic nitrogens is 1. The number of fused-ring (bicyclic) bond motifs is 3. The molecule has 5 heteroatoms. The zero-order valence-corrected chi connectivity index (χ0v) is 28.6. The molecule has 0 spiro atoms. The molecular weight excluding hydrogens is 611 g/mol. The third-order valence-electron chi connectivity index (χ3n) is 8.58. The Morgan fingerprint density at radius 3 is 2.38 bits per heavy atom. The van der Waals surface area contributed by atoms with Crippen molar-refractivity contribution in [3.8, 4) is 5.69 Å². The van der Waals surface area contributed by atoms with Crippen LogP contribution in [0.15, 0.2) is 167 Å². The standard InChI is InChI=1S/C45H41N5/c1-4-5-23-38-34(3)41(50-42-25-16-15-24-39(42)40-28-30-47-31-29-43(40)50)27-26-35(38)18-10-6-9-17-33(2)32-48-45(37-21-13-8-14-22-37)49-44(46)36-19-11-7-12-20-36/h4-27,29-31H,1,28,32H2,2-3H3,(H2,46,48,49)/b9-6-,18-10+,23-5-,33-17+. The maximum Gasteiger partial charge on any atom is 0.157 e. The first-order valence-electron chi connectivity index (χ1n) is 16.8. The number of aliphatic imine (C=N–C) groups is 3. The molecule has 0 saturated heterocycles. The van der Waals surface area contributed by atoms with Crippen molar-refractivity contribution in [2.75, 3.05) is 6.54 Å². The minimum Gasteiger partial charge on any atom is -0.383 e. The fraction of sp³-hybridized carbons (Fsp3) is 0.0889. The van der Waals surface area contributed by atoms with E-state index in [1.807, 2.05) is 97.4 Å². The molecule has 0 radical (unpaired) electrons. The smallest absolute Gasteiger partial charge is 0.157 e. The molecule has 0 atom stereocenters. The number of hydrogen-bond acceptors (Lipinski definition) is 2. The van der Waals surface area contributed by atoms with Crippen molar-refractivity contribution < 1.29 is 0 Å². The van der Waals surface area contributed by atoms with Crippen LogP contribution < -0.4 is 5.73 Å². The predicted octanol–water partition coefficient (Wildman–Crippen LogP) is 10.1. The lowest BCUT2D eigenvalue weighted by atomic mass is 9.98. The van der Waals surface area contributed by atoms with Crippen LogP contribution in [-0.4, -0.2) is 29.0 Å². The molecule has 1 aliphatic heterocycles. The summed E-state index contributed by atoms with van der Waals surface area (Å²) in [6.45, 7) is 8.68. The van der Waals surface area contributed by atoms with Crippen LogP contribution in [0.4, 0.5) is 0 Å². The normalized spacial score (nSPS) is 13.9. The summed E-state index contributed by atoms with van der Waals surface area (Å²) in [5, 5.41) is 1.26. The van der Waals surface area contributed by atoms with Crippen LogP contribution in [0.3, 0.4) is 0 Å². The quantitative estimate of drug-likeness (QED) is 0.0912. The SMILES string of the molecule is C=C/C=C\c1c(/C=C/C=C\C=C(/C)C/N=C(\N=C(/N)c2ccccc2)c2ccccc2)ccc(-n2c3c(c4ccccc42)CC=NC=C3)c1C. The molecule has 6 rings (SSSR count). The second-order valence-corrected chi connectivity index (χ2v) is 12.0. The fourth-order valence-electron chi connectivity index (χ4n) is 6.07. The molecule has 0 saturated carbocycles. The topological polar surface area (TPSA) is 68.0 Å². The van der Waals surface area contributed by atoms with Crippen molar-refractivity contribution in [1.29, 1.82) is 0 Å². The number of nitrogens with two attached hydrogens (primary N) is 1. The van der Waals surface area contributed by atoms with Crippen LogP contribution in [0.5, 0.6) is 0 Å². The summed E-state index contributed by atoms with van der Waals surface area (Å²) < 4.78 is 2.37. The zero-order chi connectivity index (χ0) is 34.7. The van der Waals surface area contributed by atoms with Gasteiger partial charge in [0.15, 0.2) is 5.84 Å². The highest BCUT2D eigenvalue weighted by molar-refractivity contribution is 6.11. The van der Waals surface area contributed by atoms with Crippen molar-refractivity contribution in [2.45, 2.75) is 20.3 Å². The number of nitrogens with zero attached hydrogens (tertiary/aromatic N) is 4. The van der Waals surface area contributed by atoms with E-state index < -0.39 is 0 Å². The van der Waals surface area contributed by atoms with Crippen molar-refractivity contribution in [3.63, 3.8) is 0 Å². The van der Waals surface area contributed by atoms with Gasteiger partial charge in [0, 0.05) is 41.0 Å². The molecule has 1 aromatic heterocycles. The largest absolute Gasteiger partial charge is 0.383 e. The Morgan fingerprint density at radius 2 is 1.60 bits per heavy atom. The summed E-state index contributed by atoms with van der Waals surface area (Å²) in [6.07, 6.45) is 23.1. The molecule has 0 unspecified atom stereocenters. The highest BCUT2D eigenvalue weighted by Crippen LogP contribution is 2.34. The lowest BCUT2D eigenvalue weighted by Crippen LogP contribution is -2.16. The van der Waals surface area contributed by atoms with E-state index in [-0.39, 0.29) is 0 Å². The molecule has 5 aromatic rings. The van der Waals surface area contributed by atoms with Gasteiger partial charge in [0.1, 0.15) is 5.84 Å². The second kappa shape index (κ2) is 16.2. The third kappa shape index (κ3) is 7.69. The minimum atomic E-state index is 0.438. The number of allylic oxidation sites excluding steroid dienone is 6. The first kappa shape index (κ1) is 33.6. The Morgan fingerprint density at radius 1 is 0.860 bits per heavy atom. The van der Waals surface area contributed by atoms with Crippen LogP contribution in [-0.2, 0) is 6.42 Å². The van der Waals surface area contributed by atoms with Gasteiger partial charge >= 0.3 is 0 Å². The van der Waals surface area contributed by atoms with Gasteiger partial charge in [-0.1, -0.05) is 146 Å². The maximum absolute atomic E-state index is 6.35. The van der Waals surface area contributed by atoms with Gasteiger partial charge in [-0.05, 0) is 54.3 Å². The minimum absolute atomic E-state index is 0.438. The number of benzene rings is 4. The molecule has 0 fully saturated rings. The zero-order valence-electron chi connectivity index (χ0n) is 28.6. The molecular formula is C45H41N5. The summed E-state index contributed by atoms with van der Waals surface area (Å²) in [5.41, 5.74) is 17.5. The van der Waals surface area contributed by atoms with Gasteiger partial charge in [0.05, 0.1) is 17.8 Å². The summed E-state index contributed by atoms with van der Waals surface area (Å²) in [5.74, 6) is 1.05. The molecule has 2 heterocycles. The summed E-state index contributed by atoms with van der Waals surface area (Å²) in [7, 11) is 0. The second-order valence-electron chi connectivity index (χ2n) is 12.0. The average molecular weight is 652 g/mol. The number of hydrogen-bond donors (Lipinski definition) is 1. The van der Waals surface area contributed by atoms with Crippen molar-refractivity contribution in [2.24, 2.45) is 20.7 Å². The molecule has 0 bridgehead atoms. The van der Waals surface area contributed by atoms with Gasteiger partial charge in [-0.25, -0.2) is 4.99 Å². The van der Waals surface area contributed by atoms with E-state index in [2.05, 4.69) is 96.8 Å². The Hall–Kier alpha value is -6.33. The van der Waals surface area contributed by atoms with E-state index in [1.165, 1.54) is 27.7 Å². The van der Waals surface area contributed by atoms with Crippen LogP contribution >= 0.6 is 0 Å². The van der Waals surface area contributed by atoms with Crippen LogP contribution in [0, 0.1) is 6.92 Å². The molecule has 5 nitrogen and oxygen atoms in total.